The number of aryl methyl sites for hydroxylation is 1. The summed E-state index contributed by atoms with van der Waals surface area (Å²) in [5, 5.41) is 18.4. The molecule has 1 amide bonds. The van der Waals surface area contributed by atoms with Crippen LogP contribution in [0.2, 0.25) is 0 Å². The minimum absolute atomic E-state index is 0.185. The molecule has 2 heterocycles. The van der Waals surface area contributed by atoms with Gasteiger partial charge in [0, 0.05) is 23.9 Å². The second-order valence-electron chi connectivity index (χ2n) is 5.95. The third kappa shape index (κ3) is 3.71. The minimum Gasteiger partial charge on any atom is -0.322 e. The van der Waals surface area contributed by atoms with E-state index >= 15 is 0 Å². The summed E-state index contributed by atoms with van der Waals surface area (Å²) in [6.07, 6.45) is 3.15. The Hall–Kier alpha value is -3.88. The summed E-state index contributed by atoms with van der Waals surface area (Å²) in [4.78, 5) is 16.4. The van der Waals surface area contributed by atoms with Gasteiger partial charge >= 0.3 is 0 Å². The molecule has 0 aliphatic carbocycles. The van der Waals surface area contributed by atoms with Crippen molar-refractivity contribution < 1.29 is 4.79 Å². The quantitative estimate of drug-likeness (QED) is 0.582. The van der Waals surface area contributed by atoms with Gasteiger partial charge in [0.15, 0.2) is 5.82 Å². The highest BCUT2D eigenvalue weighted by Gasteiger charge is 2.10. The van der Waals surface area contributed by atoms with E-state index in [0.717, 1.165) is 11.1 Å². The predicted molar refractivity (Wildman–Crippen MR) is 97.8 cm³/mol. The Bertz CT molecular complexity index is 1050. The lowest BCUT2D eigenvalue weighted by atomic mass is 10.1. The Labute approximate surface area is 154 Å². The third-order valence-corrected chi connectivity index (χ3v) is 4.03. The first-order valence-electron chi connectivity index (χ1n) is 8.24. The highest BCUT2D eigenvalue weighted by Crippen LogP contribution is 2.20. The largest absolute Gasteiger partial charge is 0.322 e. The number of carbonyl (C=O) groups is 1. The maximum absolute atomic E-state index is 12.5. The molecule has 2 aromatic heterocycles. The van der Waals surface area contributed by atoms with Crippen molar-refractivity contribution in [1.29, 1.82) is 0 Å². The van der Waals surface area contributed by atoms with Crippen LogP contribution in [0.1, 0.15) is 15.9 Å². The van der Waals surface area contributed by atoms with E-state index in [1.165, 1.54) is 6.33 Å². The molecule has 0 atom stereocenters. The molecule has 0 aliphatic heterocycles. The van der Waals surface area contributed by atoms with Gasteiger partial charge in [0.2, 0.25) is 0 Å². The van der Waals surface area contributed by atoms with E-state index in [1.54, 1.807) is 34.9 Å². The van der Waals surface area contributed by atoms with Crippen molar-refractivity contribution in [1.82, 2.24) is 35.0 Å². The SMILES string of the molecule is Cn1nnnc1-c1cccc(NC(=O)c2ccc(Cn3cncn3)cc2)c1. The van der Waals surface area contributed by atoms with Crippen molar-refractivity contribution in [3.8, 4) is 11.4 Å². The van der Waals surface area contributed by atoms with E-state index < -0.39 is 0 Å². The summed E-state index contributed by atoms with van der Waals surface area (Å²) in [6, 6.07) is 14.8. The highest BCUT2D eigenvalue weighted by molar-refractivity contribution is 6.04. The van der Waals surface area contributed by atoms with Gasteiger partial charge in [-0.2, -0.15) is 5.10 Å². The van der Waals surface area contributed by atoms with Crippen LogP contribution >= 0.6 is 0 Å². The maximum Gasteiger partial charge on any atom is 0.255 e. The first-order valence-corrected chi connectivity index (χ1v) is 8.24. The number of hydrogen-bond acceptors (Lipinski definition) is 6. The van der Waals surface area contributed by atoms with Crippen LogP contribution in [0, 0.1) is 0 Å². The van der Waals surface area contributed by atoms with E-state index in [1.807, 2.05) is 36.4 Å². The molecule has 9 nitrogen and oxygen atoms in total. The van der Waals surface area contributed by atoms with Gasteiger partial charge in [-0.25, -0.2) is 14.3 Å². The number of aromatic nitrogens is 7. The van der Waals surface area contributed by atoms with Crippen molar-refractivity contribution in [2.45, 2.75) is 6.54 Å². The molecule has 9 heteroatoms. The minimum atomic E-state index is -0.185. The molecule has 0 spiro atoms. The van der Waals surface area contributed by atoms with Crippen LogP contribution in [0.5, 0.6) is 0 Å². The standard InChI is InChI=1S/C18H16N8O/c1-25-17(22-23-24-25)15-3-2-4-16(9-15)21-18(27)14-7-5-13(6-8-14)10-26-12-19-11-20-26/h2-9,11-12H,10H2,1H3,(H,21,27). The third-order valence-electron chi connectivity index (χ3n) is 4.03. The van der Waals surface area contributed by atoms with Crippen LogP contribution in [0.4, 0.5) is 5.69 Å². The average molecular weight is 360 g/mol. The van der Waals surface area contributed by atoms with E-state index in [4.69, 9.17) is 0 Å². The molecule has 0 bridgehead atoms. The molecule has 2 aromatic carbocycles. The number of carbonyl (C=O) groups excluding carboxylic acids is 1. The van der Waals surface area contributed by atoms with E-state index in [-0.39, 0.29) is 5.91 Å². The van der Waals surface area contributed by atoms with E-state index in [2.05, 4.69) is 30.9 Å². The van der Waals surface area contributed by atoms with Crippen LogP contribution in [0.15, 0.2) is 61.2 Å². The van der Waals surface area contributed by atoms with Gasteiger partial charge in [-0.15, -0.1) is 5.10 Å². The summed E-state index contributed by atoms with van der Waals surface area (Å²) in [6.45, 7) is 0.607. The molecule has 0 saturated heterocycles. The van der Waals surface area contributed by atoms with Gasteiger partial charge in [0.25, 0.3) is 5.91 Å². The number of benzene rings is 2. The molecular formula is C18H16N8O. The van der Waals surface area contributed by atoms with E-state index in [0.29, 0.717) is 23.6 Å². The summed E-state index contributed by atoms with van der Waals surface area (Å²) < 4.78 is 3.30. The number of nitrogens with zero attached hydrogens (tertiary/aromatic N) is 7. The zero-order valence-electron chi connectivity index (χ0n) is 14.5. The Morgan fingerprint density at radius 3 is 2.70 bits per heavy atom. The van der Waals surface area contributed by atoms with Gasteiger partial charge in [-0.3, -0.25) is 4.79 Å². The molecule has 27 heavy (non-hydrogen) atoms. The molecule has 1 N–H and O–H groups in total. The fourth-order valence-corrected chi connectivity index (χ4v) is 2.68. The number of hydrogen-bond donors (Lipinski definition) is 1. The van der Waals surface area contributed by atoms with Crippen molar-refractivity contribution >= 4 is 11.6 Å². The Kier molecular flexibility index (Phi) is 4.40. The topological polar surface area (TPSA) is 103 Å². The van der Waals surface area contributed by atoms with Crippen LogP contribution in [0.25, 0.3) is 11.4 Å². The zero-order chi connectivity index (χ0) is 18.6. The second kappa shape index (κ2) is 7.16. The summed E-state index contributed by atoms with van der Waals surface area (Å²) in [5.74, 6) is 0.444. The molecule has 4 aromatic rings. The van der Waals surface area contributed by atoms with Gasteiger partial charge in [-0.05, 0) is 40.3 Å². The number of rotatable bonds is 5. The van der Waals surface area contributed by atoms with Crippen molar-refractivity contribution in [3.05, 3.63) is 72.3 Å². The first-order chi connectivity index (χ1) is 13.2. The lowest BCUT2D eigenvalue weighted by Crippen LogP contribution is -2.12. The highest BCUT2D eigenvalue weighted by atomic mass is 16.1. The monoisotopic (exact) mass is 360 g/mol. The lowest BCUT2D eigenvalue weighted by Gasteiger charge is -2.08. The fraction of sp³-hybridized carbons (Fsp3) is 0.111. The van der Waals surface area contributed by atoms with Gasteiger partial charge < -0.3 is 5.32 Å². The smallest absolute Gasteiger partial charge is 0.255 e. The van der Waals surface area contributed by atoms with Crippen LogP contribution in [-0.4, -0.2) is 40.9 Å². The predicted octanol–water partition coefficient (Wildman–Crippen LogP) is 1.77. The van der Waals surface area contributed by atoms with Gasteiger partial charge in [0.1, 0.15) is 12.7 Å². The molecular weight excluding hydrogens is 344 g/mol. The molecule has 0 saturated carbocycles. The molecule has 0 unspecified atom stereocenters. The maximum atomic E-state index is 12.5. The summed E-state index contributed by atoms with van der Waals surface area (Å²) >= 11 is 0. The van der Waals surface area contributed by atoms with Crippen LogP contribution in [0.3, 0.4) is 0 Å². The number of tetrazole rings is 1. The van der Waals surface area contributed by atoms with Crippen molar-refractivity contribution in [3.63, 3.8) is 0 Å². The van der Waals surface area contributed by atoms with Crippen molar-refractivity contribution in [2.75, 3.05) is 5.32 Å². The van der Waals surface area contributed by atoms with E-state index in [9.17, 15) is 4.79 Å². The molecule has 0 radical (unpaired) electrons. The van der Waals surface area contributed by atoms with Gasteiger partial charge in [-0.1, -0.05) is 24.3 Å². The van der Waals surface area contributed by atoms with Crippen molar-refractivity contribution in [2.24, 2.45) is 7.05 Å². The number of nitrogens with one attached hydrogen (secondary N) is 1. The second-order valence-corrected chi connectivity index (χ2v) is 5.95. The van der Waals surface area contributed by atoms with Crippen LogP contribution < -0.4 is 5.32 Å². The van der Waals surface area contributed by atoms with Crippen LogP contribution in [-0.2, 0) is 13.6 Å². The summed E-state index contributed by atoms with van der Waals surface area (Å²) in [5.41, 5.74) is 3.10. The average Bonchev–Trinajstić information content (AvgIpc) is 3.34. The Balaban J connectivity index is 1.47. The normalized spacial score (nSPS) is 10.7. The molecule has 0 fully saturated rings. The van der Waals surface area contributed by atoms with Gasteiger partial charge in [0.05, 0.1) is 6.54 Å². The number of anilines is 1. The first kappa shape index (κ1) is 16.6. The molecule has 0 aliphatic rings. The fourth-order valence-electron chi connectivity index (χ4n) is 2.68. The number of amides is 1. The Morgan fingerprint density at radius 2 is 2.00 bits per heavy atom. The lowest BCUT2D eigenvalue weighted by molar-refractivity contribution is 0.102. The molecule has 134 valence electrons. The Morgan fingerprint density at radius 1 is 1.15 bits per heavy atom. The zero-order valence-corrected chi connectivity index (χ0v) is 14.5. The molecule has 4 rings (SSSR count). The summed E-state index contributed by atoms with van der Waals surface area (Å²) in [7, 11) is 1.77.